The van der Waals surface area contributed by atoms with E-state index in [1.165, 1.54) is 0 Å². The summed E-state index contributed by atoms with van der Waals surface area (Å²) in [6.45, 7) is 4.33. The molecule has 0 radical (unpaired) electrons. The normalized spacial score (nSPS) is 22.4. The van der Waals surface area contributed by atoms with E-state index >= 15 is 0 Å². The summed E-state index contributed by atoms with van der Waals surface area (Å²) in [5.74, 6) is 1.90. The van der Waals surface area contributed by atoms with Crippen LogP contribution in [0.1, 0.15) is 51.0 Å². The summed E-state index contributed by atoms with van der Waals surface area (Å²) in [6, 6.07) is 13.9. The van der Waals surface area contributed by atoms with Crippen LogP contribution in [0.5, 0.6) is 5.75 Å². The van der Waals surface area contributed by atoms with E-state index in [4.69, 9.17) is 29.0 Å². The summed E-state index contributed by atoms with van der Waals surface area (Å²) in [5.41, 5.74) is 2.83. The minimum atomic E-state index is -0.669. The lowest BCUT2D eigenvalue weighted by atomic mass is 10.1. The lowest BCUT2D eigenvalue weighted by Gasteiger charge is -2.30. The Morgan fingerprint density at radius 3 is 2.37 bits per heavy atom. The first-order valence-electron chi connectivity index (χ1n) is 15.4. The van der Waals surface area contributed by atoms with E-state index in [1.807, 2.05) is 50.8 Å². The largest absolute Gasteiger partial charge is 0.489 e. The fourth-order valence-corrected chi connectivity index (χ4v) is 5.95. The van der Waals surface area contributed by atoms with Crippen molar-refractivity contribution in [3.05, 3.63) is 48.7 Å². The van der Waals surface area contributed by atoms with Crippen LogP contribution in [0.3, 0.4) is 0 Å². The monoisotopic (exact) mass is 589 g/mol. The molecule has 5 heterocycles. The van der Waals surface area contributed by atoms with Crippen molar-refractivity contribution >= 4 is 22.5 Å². The highest BCUT2D eigenvalue weighted by Gasteiger charge is 2.24. The molecule has 0 saturated carbocycles. The quantitative estimate of drug-likeness (QED) is 0.289. The number of anilines is 2. The van der Waals surface area contributed by atoms with Gasteiger partial charge in [-0.3, -0.25) is 4.90 Å². The number of fused-ring (bicyclic) bond motifs is 1. The van der Waals surface area contributed by atoms with E-state index in [0.717, 1.165) is 73.1 Å². The van der Waals surface area contributed by atoms with Crippen LogP contribution in [0.25, 0.3) is 22.3 Å². The molecule has 3 saturated heterocycles. The maximum absolute atomic E-state index is 10.5. The minimum absolute atomic E-state index is 0.00731. The first kappa shape index (κ1) is 28.2. The van der Waals surface area contributed by atoms with Crippen LogP contribution in [0.2, 0.25) is 0 Å². The van der Waals surface area contributed by atoms with Gasteiger partial charge in [-0.1, -0.05) is 0 Å². The molecule has 0 amide bonds. The molecule has 12 nitrogen and oxygen atoms in total. The average molecular weight is 590 g/mol. The van der Waals surface area contributed by atoms with E-state index in [2.05, 4.69) is 22.5 Å². The zero-order valence-electron chi connectivity index (χ0n) is 24.3. The molecule has 0 spiro atoms. The van der Waals surface area contributed by atoms with E-state index < -0.39 is 6.23 Å². The van der Waals surface area contributed by atoms with E-state index in [-0.39, 0.29) is 19.1 Å². The van der Waals surface area contributed by atoms with Gasteiger partial charge in [0.05, 0.1) is 24.9 Å². The van der Waals surface area contributed by atoms with E-state index in [0.29, 0.717) is 44.6 Å². The van der Waals surface area contributed by atoms with Crippen molar-refractivity contribution in [3.63, 3.8) is 0 Å². The number of hydrogen-bond donors (Lipinski definition) is 2. The predicted octanol–water partition coefficient (Wildman–Crippen LogP) is 4.47. The highest BCUT2D eigenvalue weighted by atomic mass is 16.5. The highest BCUT2D eigenvalue weighted by Crippen LogP contribution is 2.32. The Morgan fingerprint density at radius 2 is 1.65 bits per heavy atom. The van der Waals surface area contributed by atoms with Gasteiger partial charge in [0.25, 0.3) is 0 Å². The summed E-state index contributed by atoms with van der Waals surface area (Å²) in [6.07, 6.45) is 7.28. The number of ether oxygens (including phenoxy) is 4. The lowest BCUT2D eigenvalue weighted by molar-refractivity contribution is -0.0752. The maximum atomic E-state index is 10.5. The third kappa shape index (κ3) is 6.38. The van der Waals surface area contributed by atoms with Crippen LogP contribution in [-0.4, -0.2) is 86.9 Å². The fourth-order valence-electron chi connectivity index (χ4n) is 5.95. The van der Waals surface area contributed by atoms with Gasteiger partial charge in [-0.15, -0.1) is 5.10 Å². The zero-order valence-corrected chi connectivity index (χ0v) is 24.3. The molecular weight excluding hydrogens is 550 g/mol. The molecule has 7 rings (SSSR count). The van der Waals surface area contributed by atoms with Crippen LogP contribution in [0, 0.1) is 0 Å². The van der Waals surface area contributed by atoms with Crippen LogP contribution < -0.4 is 10.1 Å². The van der Waals surface area contributed by atoms with E-state index in [9.17, 15) is 5.11 Å². The number of nitrogens with one attached hydrogen (secondary N) is 1. The van der Waals surface area contributed by atoms with Gasteiger partial charge in [0, 0.05) is 42.9 Å². The van der Waals surface area contributed by atoms with Gasteiger partial charge < -0.3 is 29.4 Å². The van der Waals surface area contributed by atoms with Crippen molar-refractivity contribution < 1.29 is 24.1 Å². The lowest BCUT2D eigenvalue weighted by Crippen LogP contribution is -2.46. The summed E-state index contributed by atoms with van der Waals surface area (Å²) in [7, 11) is 0. The summed E-state index contributed by atoms with van der Waals surface area (Å²) >= 11 is 0. The van der Waals surface area contributed by atoms with Crippen molar-refractivity contribution in [3.8, 4) is 17.1 Å². The molecule has 12 heteroatoms. The zero-order chi connectivity index (χ0) is 29.0. The summed E-state index contributed by atoms with van der Waals surface area (Å²) < 4.78 is 27.2. The molecule has 3 aliphatic rings. The molecule has 3 atom stereocenters. The molecule has 4 aromatic rings. The number of hydrogen-bond acceptors (Lipinski definition) is 10. The molecule has 2 aromatic heterocycles. The van der Waals surface area contributed by atoms with Crippen LogP contribution in [-0.2, 0) is 14.2 Å². The van der Waals surface area contributed by atoms with E-state index in [1.54, 1.807) is 0 Å². The van der Waals surface area contributed by atoms with Crippen LogP contribution in [0.4, 0.5) is 11.6 Å². The van der Waals surface area contributed by atoms with Crippen LogP contribution >= 0.6 is 0 Å². The smallest absolute Gasteiger partial charge is 0.247 e. The van der Waals surface area contributed by atoms with Crippen molar-refractivity contribution in [2.45, 2.75) is 57.2 Å². The standard InChI is InChI=1S/C31H39N7O5/c39-27(36-13-17-40-18-14-36)21-43-25-10-7-22(8-11-25)30-34-31(35-38(30)29-6-2-4-16-42-29)33-24-9-12-26-23(19-24)20-32-37(26)28-5-1-3-15-41-28/h7-12,19-20,27-29,39H,1-6,13-18,21H2,(H,33,35). The number of aliphatic hydroxyl groups is 1. The Hall–Kier alpha value is -3.55. The number of morpholine rings is 1. The van der Waals surface area contributed by atoms with Gasteiger partial charge in [-0.25, -0.2) is 9.36 Å². The topological polar surface area (TPSA) is 121 Å². The van der Waals surface area contributed by atoms with Crippen LogP contribution in [0.15, 0.2) is 48.7 Å². The van der Waals surface area contributed by atoms with Gasteiger partial charge in [0.2, 0.25) is 5.95 Å². The van der Waals surface area contributed by atoms with Gasteiger partial charge in [-0.2, -0.15) is 10.1 Å². The summed E-state index contributed by atoms with van der Waals surface area (Å²) in [5, 5.41) is 24.4. The van der Waals surface area contributed by atoms with Gasteiger partial charge in [0.15, 0.2) is 18.3 Å². The summed E-state index contributed by atoms with van der Waals surface area (Å²) in [4.78, 5) is 6.86. The number of nitrogens with zero attached hydrogens (tertiary/aromatic N) is 6. The minimum Gasteiger partial charge on any atom is -0.489 e. The Balaban J connectivity index is 1.08. The number of benzene rings is 2. The Bertz CT molecular complexity index is 1490. The molecule has 228 valence electrons. The third-order valence-electron chi connectivity index (χ3n) is 8.32. The van der Waals surface area contributed by atoms with Gasteiger partial charge >= 0.3 is 0 Å². The number of aliphatic hydroxyl groups excluding tert-OH is 1. The number of aromatic nitrogens is 5. The Morgan fingerprint density at radius 1 is 0.907 bits per heavy atom. The number of rotatable bonds is 9. The molecule has 3 aliphatic heterocycles. The SMILES string of the molecule is OC(COc1ccc(-c2nc(Nc3ccc4c(cnn4C4CCCCO4)c3)nn2C2CCCCO2)cc1)N1CCOCC1. The molecule has 0 bridgehead atoms. The molecule has 2 N–H and O–H groups in total. The Labute approximate surface area is 250 Å². The first-order valence-corrected chi connectivity index (χ1v) is 15.4. The van der Waals surface area contributed by atoms with Crippen molar-refractivity contribution in [1.29, 1.82) is 0 Å². The molecule has 3 fully saturated rings. The molecular formula is C31H39N7O5. The third-order valence-corrected chi connectivity index (χ3v) is 8.32. The first-order chi connectivity index (χ1) is 21.2. The molecule has 43 heavy (non-hydrogen) atoms. The fraction of sp³-hybridized carbons (Fsp3) is 0.516. The molecule has 2 aromatic carbocycles. The molecule has 0 aliphatic carbocycles. The second-order valence-corrected chi connectivity index (χ2v) is 11.3. The molecule has 3 unspecified atom stereocenters. The Kier molecular flexibility index (Phi) is 8.52. The van der Waals surface area contributed by atoms with Gasteiger partial charge in [-0.05, 0) is 81.0 Å². The van der Waals surface area contributed by atoms with Crippen molar-refractivity contribution in [2.75, 3.05) is 51.4 Å². The second kappa shape index (κ2) is 13.0. The average Bonchev–Trinajstić information content (AvgIpc) is 3.69. The van der Waals surface area contributed by atoms with Gasteiger partial charge in [0.1, 0.15) is 18.6 Å². The second-order valence-electron chi connectivity index (χ2n) is 11.3. The highest BCUT2D eigenvalue weighted by molar-refractivity contribution is 5.83. The van der Waals surface area contributed by atoms with Crippen molar-refractivity contribution in [1.82, 2.24) is 29.4 Å². The van der Waals surface area contributed by atoms with Crippen molar-refractivity contribution in [2.24, 2.45) is 0 Å². The predicted molar refractivity (Wildman–Crippen MR) is 160 cm³/mol. The maximum Gasteiger partial charge on any atom is 0.247 e.